The van der Waals surface area contributed by atoms with Crippen LogP contribution in [0.4, 0.5) is 0 Å². The van der Waals surface area contributed by atoms with Crippen molar-refractivity contribution in [2.24, 2.45) is 5.92 Å². The van der Waals surface area contributed by atoms with Crippen molar-refractivity contribution in [3.63, 3.8) is 0 Å². The van der Waals surface area contributed by atoms with E-state index in [0.717, 1.165) is 29.2 Å². The lowest BCUT2D eigenvalue weighted by atomic mass is 9.89. The van der Waals surface area contributed by atoms with Crippen molar-refractivity contribution in [1.82, 2.24) is 5.32 Å². The van der Waals surface area contributed by atoms with Gasteiger partial charge in [0.25, 0.3) is 0 Å². The Balaban J connectivity index is 3.03. The van der Waals surface area contributed by atoms with Crippen molar-refractivity contribution in [3.8, 4) is 5.75 Å². The second kappa shape index (κ2) is 6.87. The Hall–Kier alpha value is -0.730. The van der Waals surface area contributed by atoms with E-state index >= 15 is 0 Å². The predicted molar refractivity (Wildman–Crippen MR) is 73.9 cm³/mol. The molecule has 0 spiro atoms. The quantitative estimate of drug-likeness (QED) is 0.828. The summed E-state index contributed by atoms with van der Waals surface area (Å²) in [6.45, 7) is 4.44. The van der Waals surface area contributed by atoms with Crippen molar-refractivity contribution in [1.29, 1.82) is 0 Å². The van der Waals surface area contributed by atoms with Gasteiger partial charge in [0.15, 0.2) is 0 Å². The molecule has 96 valence electrons. The van der Waals surface area contributed by atoms with Crippen LogP contribution < -0.4 is 10.1 Å². The van der Waals surface area contributed by atoms with Gasteiger partial charge in [-0.05, 0) is 30.7 Å². The molecule has 1 rings (SSSR count). The maximum Gasteiger partial charge on any atom is 0.120 e. The molecular formula is C14H22ClNO. The molecule has 1 unspecified atom stereocenters. The van der Waals surface area contributed by atoms with E-state index in [1.165, 1.54) is 0 Å². The van der Waals surface area contributed by atoms with Crippen LogP contribution >= 0.6 is 11.6 Å². The molecule has 1 aromatic carbocycles. The first-order valence-electron chi connectivity index (χ1n) is 6.18. The molecule has 3 heteroatoms. The molecule has 0 saturated carbocycles. The molecule has 2 nitrogen and oxygen atoms in total. The Morgan fingerprint density at radius 1 is 1.29 bits per heavy atom. The first-order chi connectivity index (χ1) is 8.17. The topological polar surface area (TPSA) is 21.3 Å². The smallest absolute Gasteiger partial charge is 0.120 e. The van der Waals surface area contributed by atoms with E-state index in [1.807, 2.05) is 19.2 Å². The highest BCUT2D eigenvalue weighted by atomic mass is 35.5. The molecule has 0 aliphatic rings. The maximum absolute atomic E-state index is 6.32. The van der Waals surface area contributed by atoms with E-state index in [2.05, 4.69) is 25.2 Å². The second-order valence-electron chi connectivity index (χ2n) is 4.23. The van der Waals surface area contributed by atoms with Crippen LogP contribution in [-0.4, -0.2) is 14.2 Å². The molecular weight excluding hydrogens is 234 g/mol. The molecule has 0 radical (unpaired) electrons. The molecule has 17 heavy (non-hydrogen) atoms. The van der Waals surface area contributed by atoms with Gasteiger partial charge in [0.2, 0.25) is 0 Å². The minimum absolute atomic E-state index is 0.309. The monoisotopic (exact) mass is 255 g/mol. The fourth-order valence-corrected chi connectivity index (χ4v) is 2.58. The number of nitrogens with one attached hydrogen (secondary N) is 1. The molecule has 0 aliphatic carbocycles. The summed E-state index contributed by atoms with van der Waals surface area (Å²) in [7, 11) is 3.64. The van der Waals surface area contributed by atoms with Gasteiger partial charge in [-0.3, -0.25) is 0 Å². The highest BCUT2D eigenvalue weighted by Crippen LogP contribution is 2.33. The van der Waals surface area contributed by atoms with Crippen LogP contribution in [0.15, 0.2) is 18.2 Å². The van der Waals surface area contributed by atoms with Gasteiger partial charge in [-0.2, -0.15) is 0 Å². The van der Waals surface area contributed by atoms with Crippen molar-refractivity contribution >= 4 is 11.6 Å². The standard InChI is InChI=1S/C14H22ClNO/c1-5-10(6-2)14(16-3)12-8-7-11(17-4)9-13(12)15/h7-10,14,16H,5-6H2,1-4H3. The lowest BCUT2D eigenvalue weighted by molar-refractivity contribution is 0.359. The van der Waals surface area contributed by atoms with Gasteiger partial charge < -0.3 is 10.1 Å². The van der Waals surface area contributed by atoms with Crippen LogP contribution in [-0.2, 0) is 0 Å². The van der Waals surface area contributed by atoms with Gasteiger partial charge in [0.05, 0.1) is 7.11 Å². The number of methoxy groups -OCH3 is 1. The van der Waals surface area contributed by atoms with Gasteiger partial charge in [0.1, 0.15) is 5.75 Å². The Morgan fingerprint density at radius 3 is 2.35 bits per heavy atom. The van der Waals surface area contributed by atoms with E-state index in [9.17, 15) is 0 Å². The highest BCUT2D eigenvalue weighted by Gasteiger charge is 2.21. The molecule has 0 fully saturated rings. The average Bonchev–Trinajstić information content (AvgIpc) is 2.36. The zero-order chi connectivity index (χ0) is 12.8. The zero-order valence-electron chi connectivity index (χ0n) is 11.1. The molecule has 1 atom stereocenters. The summed E-state index contributed by atoms with van der Waals surface area (Å²) in [6.07, 6.45) is 2.29. The molecule has 0 saturated heterocycles. The van der Waals surface area contributed by atoms with Gasteiger partial charge in [-0.15, -0.1) is 0 Å². The van der Waals surface area contributed by atoms with E-state index in [1.54, 1.807) is 7.11 Å². The molecule has 1 aromatic rings. The molecule has 0 amide bonds. The first-order valence-corrected chi connectivity index (χ1v) is 6.56. The van der Waals surface area contributed by atoms with Crippen molar-refractivity contribution < 1.29 is 4.74 Å². The van der Waals surface area contributed by atoms with Gasteiger partial charge in [-0.25, -0.2) is 0 Å². The second-order valence-corrected chi connectivity index (χ2v) is 4.64. The third-order valence-corrected chi connectivity index (χ3v) is 3.70. The number of hydrogen-bond acceptors (Lipinski definition) is 2. The maximum atomic E-state index is 6.32. The fourth-order valence-electron chi connectivity index (χ4n) is 2.29. The highest BCUT2D eigenvalue weighted by molar-refractivity contribution is 6.31. The number of rotatable bonds is 6. The molecule has 0 aliphatic heterocycles. The van der Waals surface area contributed by atoms with E-state index in [-0.39, 0.29) is 0 Å². The molecule has 0 bridgehead atoms. The summed E-state index contributed by atoms with van der Waals surface area (Å²) in [4.78, 5) is 0. The Labute approximate surface area is 109 Å². The zero-order valence-corrected chi connectivity index (χ0v) is 11.8. The van der Waals surface area contributed by atoms with E-state index in [0.29, 0.717) is 12.0 Å². The third-order valence-electron chi connectivity index (χ3n) is 3.37. The fraction of sp³-hybridized carbons (Fsp3) is 0.571. The van der Waals surface area contributed by atoms with Gasteiger partial charge >= 0.3 is 0 Å². The van der Waals surface area contributed by atoms with Crippen molar-refractivity contribution in [2.75, 3.05) is 14.2 Å². The minimum Gasteiger partial charge on any atom is -0.497 e. The van der Waals surface area contributed by atoms with E-state index < -0.39 is 0 Å². The number of halogens is 1. The molecule has 0 aromatic heterocycles. The minimum atomic E-state index is 0.309. The summed E-state index contributed by atoms with van der Waals surface area (Å²) >= 11 is 6.32. The van der Waals surface area contributed by atoms with Crippen molar-refractivity contribution in [2.45, 2.75) is 32.7 Å². The van der Waals surface area contributed by atoms with Crippen molar-refractivity contribution in [3.05, 3.63) is 28.8 Å². The van der Waals surface area contributed by atoms with Crippen LogP contribution in [0.5, 0.6) is 5.75 Å². The lowest BCUT2D eigenvalue weighted by Crippen LogP contribution is -2.24. The van der Waals surface area contributed by atoms with Crippen LogP contribution in [0.2, 0.25) is 5.02 Å². The third kappa shape index (κ3) is 3.36. The average molecular weight is 256 g/mol. The Bertz CT molecular complexity index is 350. The SMILES string of the molecule is CCC(CC)C(NC)c1ccc(OC)cc1Cl. The number of ether oxygens (including phenoxy) is 1. The Kier molecular flexibility index (Phi) is 5.79. The Morgan fingerprint density at radius 2 is 1.94 bits per heavy atom. The summed E-state index contributed by atoms with van der Waals surface area (Å²) in [6, 6.07) is 6.21. The van der Waals surface area contributed by atoms with Crippen LogP contribution in [0.1, 0.15) is 38.3 Å². The largest absolute Gasteiger partial charge is 0.497 e. The summed E-state index contributed by atoms with van der Waals surface area (Å²) < 4.78 is 5.17. The summed E-state index contributed by atoms with van der Waals surface area (Å²) in [5.74, 6) is 1.41. The summed E-state index contributed by atoms with van der Waals surface area (Å²) in [5, 5.41) is 4.15. The predicted octanol–water partition coefficient (Wildman–Crippen LogP) is 4.05. The molecule has 1 N–H and O–H groups in total. The van der Waals surface area contributed by atoms with E-state index in [4.69, 9.17) is 16.3 Å². The first kappa shape index (κ1) is 14.3. The van der Waals surface area contributed by atoms with Crippen LogP contribution in [0, 0.1) is 5.92 Å². The molecule has 0 heterocycles. The normalized spacial score (nSPS) is 12.8. The van der Waals surface area contributed by atoms with Gasteiger partial charge in [0, 0.05) is 11.1 Å². The summed E-state index contributed by atoms with van der Waals surface area (Å²) in [5.41, 5.74) is 1.16. The number of hydrogen-bond donors (Lipinski definition) is 1. The number of benzene rings is 1. The lowest BCUT2D eigenvalue weighted by Gasteiger charge is -2.26. The van der Waals surface area contributed by atoms with Gasteiger partial charge in [-0.1, -0.05) is 44.4 Å². The van der Waals surface area contributed by atoms with Crippen LogP contribution in [0.3, 0.4) is 0 Å². The van der Waals surface area contributed by atoms with Crippen LogP contribution in [0.25, 0.3) is 0 Å².